The van der Waals surface area contributed by atoms with Crippen LogP contribution in [0.1, 0.15) is 6.23 Å². The summed E-state index contributed by atoms with van der Waals surface area (Å²) in [7, 11) is 1.47. The summed E-state index contributed by atoms with van der Waals surface area (Å²) in [6, 6.07) is 10.9. The Morgan fingerprint density at radius 3 is 2.67 bits per heavy atom. The zero-order valence-corrected chi connectivity index (χ0v) is 13.1. The van der Waals surface area contributed by atoms with Crippen LogP contribution >= 0.6 is 0 Å². The number of methoxy groups -OCH3 is 1. The minimum Gasteiger partial charge on any atom is -0.387 e. The van der Waals surface area contributed by atoms with Crippen LogP contribution < -0.4 is 11.0 Å². The molecule has 1 aromatic heterocycles. The molecule has 8 heteroatoms. The molecule has 24 heavy (non-hydrogen) atoms. The van der Waals surface area contributed by atoms with Crippen molar-refractivity contribution in [3.8, 4) is 0 Å². The molecular weight excluding hydrogens is 314 g/mol. The van der Waals surface area contributed by atoms with Crippen LogP contribution in [-0.4, -0.2) is 51.8 Å². The molecule has 1 saturated heterocycles. The van der Waals surface area contributed by atoms with E-state index in [-0.39, 0.29) is 6.61 Å². The fraction of sp³-hybridized carbons (Fsp3) is 0.375. The van der Waals surface area contributed by atoms with Gasteiger partial charge in [0.05, 0.1) is 6.61 Å². The highest BCUT2D eigenvalue weighted by atomic mass is 16.6. The van der Waals surface area contributed by atoms with Gasteiger partial charge in [-0.1, -0.05) is 18.2 Å². The predicted molar refractivity (Wildman–Crippen MR) is 86.0 cm³/mol. The molecule has 1 aliphatic rings. The van der Waals surface area contributed by atoms with Gasteiger partial charge in [-0.3, -0.25) is 4.57 Å². The van der Waals surface area contributed by atoms with Crippen molar-refractivity contribution in [3.63, 3.8) is 0 Å². The number of para-hydroxylation sites is 1. The van der Waals surface area contributed by atoms with E-state index in [1.165, 1.54) is 13.3 Å². The number of ether oxygens (including phenoxy) is 2. The van der Waals surface area contributed by atoms with E-state index in [4.69, 9.17) is 9.47 Å². The maximum Gasteiger partial charge on any atom is 0.351 e. The number of hydrogen-bond donors (Lipinski definition) is 3. The minimum atomic E-state index is -1.24. The molecule has 4 atom stereocenters. The van der Waals surface area contributed by atoms with Crippen molar-refractivity contribution in [3.05, 3.63) is 53.1 Å². The Labute approximate surface area is 138 Å². The summed E-state index contributed by atoms with van der Waals surface area (Å²) in [4.78, 5) is 16.2. The molecule has 1 unspecified atom stereocenters. The van der Waals surface area contributed by atoms with E-state index in [1.54, 1.807) is 6.07 Å². The molecule has 3 rings (SSSR count). The lowest BCUT2D eigenvalue weighted by molar-refractivity contribution is -0.0613. The average Bonchev–Trinajstić information content (AvgIpc) is 2.85. The van der Waals surface area contributed by atoms with E-state index in [0.29, 0.717) is 5.82 Å². The molecule has 1 aliphatic heterocycles. The third-order valence-corrected chi connectivity index (χ3v) is 3.82. The van der Waals surface area contributed by atoms with Gasteiger partial charge in [-0.25, -0.2) is 4.79 Å². The summed E-state index contributed by atoms with van der Waals surface area (Å²) in [5.74, 6) is 0.379. The largest absolute Gasteiger partial charge is 0.387 e. The van der Waals surface area contributed by atoms with Crippen LogP contribution in [0.3, 0.4) is 0 Å². The van der Waals surface area contributed by atoms with Gasteiger partial charge in [0.1, 0.15) is 24.1 Å². The number of aromatic nitrogens is 2. The van der Waals surface area contributed by atoms with Crippen LogP contribution in [-0.2, 0) is 9.47 Å². The van der Waals surface area contributed by atoms with Gasteiger partial charge in [-0.15, -0.1) is 0 Å². The van der Waals surface area contributed by atoms with Crippen LogP contribution in [0, 0.1) is 0 Å². The van der Waals surface area contributed by atoms with Crippen molar-refractivity contribution in [2.75, 3.05) is 19.0 Å². The van der Waals surface area contributed by atoms with Crippen molar-refractivity contribution in [1.82, 2.24) is 9.55 Å². The Balaban J connectivity index is 1.79. The number of anilines is 2. The number of aliphatic hydroxyl groups is 2. The van der Waals surface area contributed by atoms with Crippen molar-refractivity contribution in [1.29, 1.82) is 0 Å². The molecule has 2 heterocycles. The van der Waals surface area contributed by atoms with Gasteiger partial charge in [0, 0.05) is 19.0 Å². The first-order chi connectivity index (χ1) is 11.6. The summed E-state index contributed by atoms with van der Waals surface area (Å²) in [5, 5.41) is 23.1. The first kappa shape index (κ1) is 16.6. The number of benzene rings is 1. The van der Waals surface area contributed by atoms with Gasteiger partial charge < -0.3 is 25.0 Å². The van der Waals surface area contributed by atoms with Gasteiger partial charge in [-0.2, -0.15) is 4.98 Å². The van der Waals surface area contributed by atoms with E-state index in [0.717, 1.165) is 10.3 Å². The number of nitrogens with zero attached hydrogens (tertiary/aromatic N) is 2. The van der Waals surface area contributed by atoms with Crippen LogP contribution in [0.2, 0.25) is 0 Å². The van der Waals surface area contributed by atoms with Gasteiger partial charge in [-0.05, 0) is 18.2 Å². The monoisotopic (exact) mass is 333 g/mol. The molecule has 0 saturated carbocycles. The summed E-state index contributed by atoms with van der Waals surface area (Å²) < 4.78 is 11.6. The first-order valence-electron chi connectivity index (χ1n) is 7.52. The maximum atomic E-state index is 12.2. The zero-order chi connectivity index (χ0) is 17.1. The van der Waals surface area contributed by atoms with E-state index in [2.05, 4.69) is 10.3 Å². The molecule has 3 N–H and O–H groups in total. The lowest BCUT2D eigenvalue weighted by atomic mass is 10.1. The second-order valence-electron chi connectivity index (χ2n) is 5.50. The van der Waals surface area contributed by atoms with E-state index < -0.39 is 30.2 Å². The van der Waals surface area contributed by atoms with Crippen LogP contribution in [0.15, 0.2) is 47.4 Å². The highest BCUT2D eigenvalue weighted by molar-refractivity contribution is 5.54. The number of rotatable bonds is 5. The predicted octanol–water partition coefficient (Wildman–Crippen LogP) is 0.253. The molecule has 8 nitrogen and oxygen atoms in total. The number of aliphatic hydroxyl groups excluding tert-OH is 2. The molecule has 1 aromatic carbocycles. The molecule has 0 aliphatic carbocycles. The van der Waals surface area contributed by atoms with E-state index >= 15 is 0 Å². The fourth-order valence-corrected chi connectivity index (χ4v) is 2.61. The van der Waals surface area contributed by atoms with Crippen LogP contribution in [0.25, 0.3) is 0 Å². The normalized spacial score (nSPS) is 26.5. The quantitative estimate of drug-likeness (QED) is 0.720. The highest BCUT2D eigenvalue weighted by Crippen LogP contribution is 2.28. The standard InChI is InChI=1S/C16H19N3O5/c1-23-9-11-13(20)14(21)15(24-11)19-8-7-12(18-16(19)22)17-10-5-3-2-4-6-10/h2-8,11,13-15,20-21H,9H2,1H3,(H,17,18,22)/t11-,13+,14?,15-/m1/s1. The van der Waals surface area contributed by atoms with Crippen molar-refractivity contribution in [2.24, 2.45) is 0 Å². The molecular formula is C16H19N3O5. The summed E-state index contributed by atoms with van der Waals surface area (Å²) in [6.07, 6.45) is -2.62. The fourth-order valence-electron chi connectivity index (χ4n) is 2.61. The average molecular weight is 333 g/mol. The van der Waals surface area contributed by atoms with Gasteiger partial charge >= 0.3 is 5.69 Å². The Kier molecular flexibility index (Phi) is 4.91. The smallest absolute Gasteiger partial charge is 0.351 e. The molecule has 0 radical (unpaired) electrons. The number of nitrogens with one attached hydrogen (secondary N) is 1. The second-order valence-corrected chi connectivity index (χ2v) is 5.50. The van der Waals surface area contributed by atoms with Gasteiger partial charge in [0.15, 0.2) is 6.23 Å². The summed E-state index contributed by atoms with van der Waals surface area (Å²) in [5.41, 5.74) is 0.208. The van der Waals surface area contributed by atoms with Crippen LogP contribution in [0.5, 0.6) is 0 Å². The molecule has 0 spiro atoms. The van der Waals surface area contributed by atoms with E-state index in [9.17, 15) is 15.0 Å². The Hall–Kier alpha value is -2.26. The van der Waals surface area contributed by atoms with Crippen molar-refractivity contribution >= 4 is 11.5 Å². The second kappa shape index (κ2) is 7.10. The summed E-state index contributed by atoms with van der Waals surface area (Å²) >= 11 is 0. The highest BCUT2D eigenvalue weighted by Gasteiger charge is 2.44. The topological polar surface area (TPSA) is 106 Å². The molecule has 0 amide bonds. The van der Waals surface area contributed by atoms with Crippen molar-refractivity contribution in [2.45, 2.75) is 24.5 Å². The lowest BCUT2D eigenvalue weighted by Gasteiger charge is -2.17. The zero-order valence-electron chi connectivity index (χ0n) is 13.1. The Morgan fingerprint density at radius 1 is 1.25 bits per heavy atom. The van der Waals surface area contributed by atoms with Crippen LogP contribution in [0.4, 0.5) is 11.5 Å². The van der Waals surface area contributed by atoms with E-state index in [1.807, 2.05) is 30.3 Å². The minimum absolute atomic E-state index is 0.116. The van der Waals surface area contributed by atoms with Crippen molar-refractivity contribution < 1.29 is 19.7 Å². The SMILES string of the molecule is COC[C@H]1O[C@@H](n2ccc(Nc3ccccc3)nc2=O)C(O)[C@H]1O. The third kappa shape index (κ3) is 3.31. The first-order valence-corrected chi connectivity index (χ1v) is 7.52. The molecule has 0 bridgehead atoms. The Bertz CT molecular complexity index is 736. The number of hydrogen-bond acceptors (Lipinski definition) is 7. The summed E-state index contributed by atoms with van der Waals surface area (Å²) in [6.45, 7) is 0.116. The molecule has 1 fully saturated rings. The lowest BCUT2D eigenvalue weighted by Crippen LogP contribution is -2.36. The van der Waals surface area contributed by atoms with Gasteiger partial charge in [0.25, 0.3) is 0 Å². The molecule has 128 valence electrons. The van der Waals surface area contributed by atoms with Gasteiger partial charge in [0.2, 0.25) is 0 Å². The third-order valence-electron chi connectivity index (χ3n) is 3.82. The Morgan fingerprint density at radius 2 is 2.00 bits per heavy atom. The maximum absolute atomic E-state index is 12.2. The molecule has 2 aromatic rings.